The minimum Gasteiger partial charge on any atom is -0.382 e. The average molecular weight is 483 g/mol. The third kappa shape index (κ3) is 6.56. The van der Waals surface area contributed by atoms with Gasteiger partial charge in [-0.3, -0.25) is 9.59 Å². The Labute approximate surface area is 201 Å². The number of hydrogen-bond acceptors (Lipinski definition) is 5. The molecule has 0 saturated heterocycles. The number of benzene rings is 2. The molecular formula is C24H24ClFN6O2. The first-order chi connectivity index (χ1) is 16.4. The summed E-state index contributed by atoms with van der Waals surface area (Å²) in [5.74, 6) is -0.536. The van der Waals surface area contributed by atoms with Gasteiger partial charge < -0.3 is 16.4 Å². The monoisotopic (exact) mass is 482 g/mol. The number of amides is 2. The van der Waals surface area contributed by atoms with Gasteiger partial charge in [-0.15, -0.1) is 0 Å². The van der Waals surface area contributed by atoms with Gasteiger partial charge in [-0.2, -0.15) is 10.4 Å². The summed E-state index contributed by atoms with van der Waals surface area (Å²) in [5, 5.41) is 20.0. The molecule has 0 aliphatic heterocycles. The normalized spacial score (nSPS) is 10.5. The molecule has 0 atom stereocenters. The molecule has 0 fully saturated rings. The van der Waals surface area contributed by atoms with Crippen LogP contribution >= 0.6 is 11.6 Å². The number of nitrogens with one attached hydrogen (secondary N) is 2. The molecule has 34 heavy (non-hydrogen) atoms. The van der Waals surface area contributed by atoms with Gasteiger partial charge in [-0.1, -0.05) is 11.6 Å². The molecule has 0 radical (unpaired) electrons. The van der Waals surface area contributed by atoms with E-state index in [1.165, 1.54) is 28.9 Å². The number of halogens is 2. The molecule has 0 aliphatic carbocycles. The lowest BCUT2D eigenvalue weighted by molar-refractivity contribution is -0.121. The van der Waals surface area contributed by atoms with Crippen LogP contribution in [0.25, 0.3) is 5.69 Å². The van der Waals surface area contributed by atoms with Crippen molar-refractivity contribution in [1.82, 2.24) is 20.4 Å². The van der Waals surface area contributed by atoms with Crippen LogP contribution in [0.4, 0.5) is 10.2 Å². The molecule has 1 heterocycles. The quantitative estimate of drug-likeness (QED) is 0.382. The first-order valence-corrected chi connectivity index (χ1v) is 11.1. The standard InChI is InChI=1S/C24H24ClFN6O2/c25-17-7-5-16(6-8-17)24(34)30-14-2-4-22(33)29-13-1-3-21-20(15-27)23(28)32(31-21)19-11-9-18(26)10-12-19/h5-12H,1-4,13-14,28H2,(H,29,33)(H,30,34). The Kier molecular flexibility index (Phi) is 8.60. The molecule has 1 aromatic heterocycles. The Hall–Kier alpha value is -3.90. The van der Waals surface area contributed by atoms with Crippen LogP contribution in [0.2, 0.25) is 5.02 Å². The summed E-state index contributed by atoms with van der Waals surface area (Å²) in [4.78, 5) is 24.1. The smallest absolute Gasteiger partial charge is 0.251 e. The fraction of sp³-hybridized carbons (Fsp3) is 0.250. The number of nitriles is 1. The highest BCUT2D eigenvalue weighted by Gasteiger charge is 2.16. The molecule has 8 nitrogen and oxygen atoms in total. The highest BCUT2D eigenvalue weighted by atomic mass is 35.5. The Morgan fingerprint density at radius 3 is 2.41 bits per heavy atom. The molecule has 0 unspecified atom stereocenters. The Bertz CT molecular complexity index is 1190. The Balaban J connectivity index is 1.39. The number of rotatable bonds is 10. The van der Waals surface area contributed by atoms with E-state index in [0.717, 1.165) is 0 Å². The second-order valence-electron chi connectivity index (χ2n) is 7.53. The molecule has 2 aromatic carbocycles. The van der Waals surface area contributed by atoms with Gasteiger partial charge in [-0.25, -0.2) is 9.07 Å². The predicted octanol–water partition coefficient (Wildman–Crippen LogP) is 3.38. The van der Waals surface area contributed by atoms with Crippen LogP contribution in [0.1, 0.15) is 40.9 Å². The number of nitrogen functional groups attached to an aromatic ring is 1. The number of nitrogens with zero attached hydrogens (tertiary/aromatic N) is 3. The number of aromatic nitrogens is 2. The first-order valence-electron chi connectivity index (χ1n) is 10.7. The first kappa shape index (κ1) is 24.7. The summed E-state index contributed by atoms with van der Waals surface area (Å²) in [6, 6.07) is 14.3. The zero-order chi connectivity index (χ0) is 24.5. The van der Waals surface area contributed by atoms with Gasteiger partial charge in [0.15, 0.2) is 0 Å². The number of carbonyl (C=O) groups is 2. The molecule has 0 aliphatic rings. The van der Waals surface area contributed by atoms with E-state index < -0.39 is 0 Å². The lowest BCUT2D eigenvalue weighted by Crippen LogP contribution is -2.28. The zero-order valence-electron chi connectivity index (χ0n) is 18.4. The number of anilines is 1. The molecule has 0 bridgehead atoms. The largest absolute Gasteiger partial charge is 0.382 e. The predicted molar refractivity (Wildman–Crippen MR) is 127 cm³/mol. The van der Waals surface area contributed by atoms with Crippen molar-refractivity contribution in [3.05, 3.63) is 76.2 Å². The fourth-order valence-corrected chi connectivity index (χ4v) is 3.41. The number of aryl methyl sites for hydroxylation is 1. The minimum atomic E-state index is -0.380. The minimum absolute atomic E-state index is 0.127. The lowest BCUT2D eigenvalue weighted by atomic mass is 10.1. The van der Waals surface area contributed by atoms with E-state index in [1.807, 2.05) is 0 Å². The van der Waals surface area contributed by atoms with Gasteiger partial charge >= 0.3 is 0 Å². The van der Waals surface area contributed by atoms with Gasteiger partial charge in [-0.05, 0) is 67.8 Å². The van der Waals surface area contributed by atoms with Crippen LogP contribution in [0.3, 0.4) is 0 Å². The average Bonchev–Trinajstić information content (AvgIpc) is 3.15. The van der Waals surface area contributed by atoms with Crippen molar-refractivity contribution in [3.8, 4) is 11.8 Å². The second kappa shape index (κ2) is 11.8. The van der Waals surface area contributed by atoms with Gasteiger partial charge in [0.05, 0.1) is 11.4 Å². The van der Waals surface area contributed by atoms with Gasteiger partial charge in [0.2, 0.25) is 5.91 Å². The SMILES string of the molecule is N#Cc1c(CCCNC(=O)CCCNC(=O)c2ccc(Cl)cc2)nn(-c2ccc(F)cc2)c1N. The van der Waals surface area contributed by atoms with E-state index in [4.69, 9.17) is 17.3 Å². The van der Waals surface area contributed by atoms with E-state index in [2.05, 4.69) is 21.8 Å². The molecule has 3 aromatic rings. The van der Waals surface area contributed by atoms with E-state index in [0.29, 0.717) is 54.3 Å². The molecule has 4 N–H and O–H groups in total. The van der Waals surface area contributed by atoms with Crippen molar-refractivity contribution < 1.29 is 14.0 Å². The van der Waals surface area contributed by atoms with E-state index in [-0.39, 0.29) is 35.4 Å². The van der Waals surface area contributed by atoms with E-state index >= 15 is 0 Å². The number of carbonyl (C=O) groups excluding carboxylic acids is 2. The van der Waals surface area contributed by atoms with Crippen LogP contribution in [-0.4, -0.2) is 34.7 Å². The van der Waals surface area contributed by atoms with Gasteiger partial charge in [0, 0.05) is 30.1 Å². The topological polar surface area (TPSA) is 126 Å². The van der Waals surface area contributed by atoms with Crippen molar-refractivity contribution in [1.29, 1.82) is 5.26 Å². The lowest BCUT2D eigenvalue weighted by Gasteiger charge is -2.07. The summed E-state index contributed by atoms with van der Waals surface area (Å²) >= 11 is 5.81. The summed E-state index contributed by atoms with van der Waals surface area (Å²) in [6.45, 7) is 0.782. The van der Waals surface area contributed by atoms with Crippen LogP contribution in [0, 0.1) is 17.1 Å². The molecule has 10 heteroatoms. The van der Waals surface area contributed by atoms with Crippen molar-refractivity contribution in [2.24, 2.45) is 0 Å². The molecule has 2 amide bonds. The Morgan fingerprint density at radius 2 is 1.74 bits per heavy atom. The van der Waals surface area contributed by atoms with Crippen molar-refractivity contribution in [2.75, 3.05) is 18.8 Å². The maximum atomic E-state index is 13.2. The van der Waals surface area contributed by atoms with Crippen LogP contribution < -0.4 is 16.4 Å². The summed E-state index contributed by atoms with van der Waals surface area (Å²) < 4.78 is 14.6. The maximum absolute atomic E-state index is 13.2. The number of hydrogen-bond donors (Lipinski definition) is 3. The van der Waals surface area contributed by atoms with Gasteiger partial charge in [0.25, 0.3) is 5.91 Å². The van der Waals surface area contributed by atoms with Crippen LogP contribution in [-0.2, 0) is 11.2 Å². The third-order valence-corrected chi connectivity index (χ3v) is 5.31. The van der Waals surface area contributed by atoms with Crippen molar-refractivity contribution in [3.63, 3.8) is 0 Å². The van der Waals surface area contributed by atoms with Crippen molar-refractivity contribution >= 4 is 29.2 Å². The summed E-state index contributed by atoms with van der Waals surface area (Å²) in [6.07, 6.45) is 1.78. The molecule has 0 saturated carbocycles. The highest BCUT2D eigenvalue weighted by molar-refractivity contribution is 6.30. The summed E-state index contributed by atoms with van der Waals surface area (Å²) in [5.41, 5.74) is 7.90. The number of nitrogens with two attached hydrogens (primary N) is 1. The highest BCUT2D eigenvalue weighted by Crippen LogP contribution is 2.21. The Morgan fingerprint density at radius 1 is 1.06 bits per heavy atom. The van der Waals surface area contributed by atoms with E-state index in [9.17, 15) is 19.2 Å². The summed E-state index contributed by atoms with van der Waals surface area (Å²) in [7, 11) is 0. The third-order valence-electron chi connectivity index (χ3n) is 5.06. The molecular weight excluding hydrogens is 459 g/mol. The van der Waals surface area contributed by atoms with Crippen molar-refractivity contribution in [2.45, 2.75) is 25.7 Å². The van der Waals surface area contributed by atoms with Crippen LogP contribution in [0.5, 0.6) is 0 Å². The molecule has 3 rings (SSSR count). The van der Waals surface area contributed by atoms with E-state index in [1.54, 1.807) is 24.3 Å². The second-order valence-corrected chi connectivity index (χ2v) is 7.96. The van der Waals surface area contributed by atoms with Crippen LogP contribution in [0.15, 0.2) is 48.5 Å². The molecule has 0 spiro atoms. The van der Waals surface area contributed by atoms with Gasteiger partial charge in [0.1, 0.15) is 23.3 Å². The fourth-order valence-electron chi connectivity index (χ4n) is 3.28. The maximum Gasteiger partial charge on any atom is 0.251 e. The molecule has 176 valence electrons. The zero-order valence-corrected chi connectivity index (χ0v) is 19.1.